The van der Waals surface area contributed by atoms with Gasteiger partial charge in [0.15, 0.2) is 0 Å². The van der Waals surface area contributed by atoms with Crippen LogP contribution in [-0.4, -0.2) is 5.34 Å². The van der Waals surface area contributed by atoms with E-state index < -0.39 is 0 Å². The second kappa shape index (κ2) is 7.68. The Hall–Kier alpha value is 0.423. The third-order valence-electron chi connectivity index (χ3n) is 1.86. The van der Waals surface area contributed by atoms with Crippen LogP contribution in [0.5, 0.6) is 0 Å². The summed E-state index contributed by atoms with van der Waals surface area (Å²) in [5.41, 5.74) is 0. The van der Waals surface area contributed by atoms with Gasteiger partial charge in [0.1, 0.15) is 0 Å². The number of hydrogen-bond donors (Lipinski definition) is 0. The molecule has 0 nitrogen and oxygen atoms in total. The molecule has 0 radical (unpaired) electrons. The summed E-state index contributed by atoms with van der Waals surface area (Å²) in [5.74, 6) is 0. The van der Waals surface area contributed by atoms with Gasteiger partial charge in [0.25, 0.3) is 0 Å². The summed E-state index contributed by atoms with van der Waals surface area (Å²) in [6.07, 6.45) is 16.0. The van der Waals surface area contributed by atoms with Gasteiger partial charge in [0.05, 0.1) is 5.34 Å². The molecule has 0 fully saturated rings. The van der Waals surface area contributed by atoms with Gasteiger partial charge in [-0.3, -0.25) is 0 Å². The summed E-state index contributed by atoms with van der Waals surface area (Å²) < 4.78 is 3.45. The van der Waals surface area contributed by atoms with Crippen LogP contribution in [0.2, 0.25) is 0 Å². The third kappa shape index (κ3) is 4.78. The molecule has 0 aromatic heterocycles. The minimum atomic E-state index is -0.312. The SMILES string of the molecule is C1=CC[C]([Zr][C]2=CC=CC2)=C1.ClCCl. The topological polar surface area (TPSA) is 0 Å². The van der Waals surface area contributed by atoms with E-state index in [1.807, 2.05) is 0 Å². The van der Waals surface area contributed by atoms with Crippen molar-refractivity contribution in [1.82, 2.24) is 0 Å². The average Bonchev–Trinajstić information content (AvgIpc) is 2.79. The molecule has 2 aliphatic rings. The molecule has 0 heterocycles. The van der Waals surface area contributed by atoms with Crippen LogP contribution in [0.15, 0.2) is 43.0 Å². The molecular weight excluding hydrogens is 294 g/mol. The Kier molecular flexibility index (Phi) is 6.85. The van der Waals surface area contributed by atoms with Crippen LogP contribution >= 0.6 is 23.2 Å². The second-order valence-corrected chi connectivity index (χ2v) is 7.45. The van der Waals surface area contributed by atoms with Crippen molar-refractivity contribution >= 4 is 23.2 Å². The standard InChI is InChI=1S/2C5H5.CH2Cl2.Zr/c2*1-2-4-5-3-1;2-1-3;/h2*1-3H,4H2;1H2;. The van der Waals surface area contributed by atoms with Crippen LogP contribution < -0.4 is 0 Å². The Bertz CT molecular complexity index is 260. The molecule has 0 spiro atoms. The maximum atomic E-state index is 4.76. The third-order valence-corrected chi connectivity index (χ3v) is 5.27. The van der Waals surface area contributed by atoms with Crippen LogP contribution in [0, 0.1) is 0 Å². The Labute approximate surface area is 107 Å². The van der Waals surface area contributed by atoms with Gasteiger partial charge in [0, 0.05) is 0 Å². The molecule has 0 unspecified atom stereocenters. The monoisotopic (exact) mass is 304 g/mol. The zero-order valence-electron chi connectivity index (χ0n) is 7.84. The van der Waals surface area contributed by atoms with Crippen LogP contribution in [-0.2, 0) is 23.2 Å². The smallest absolute Gasteiger partial charge is 0.0967 e. The summed E-state index contributed by atoms with van der Waals surface area (Å²) in [6, 6.07) is 0. The Morgan fingerprint density at radius 1 is 1.00 bits per heavy atom. The normalized spacial score (nSPS) is 17.3. The summed E-state index contributed by atoms with van der Waals surface area (Å²) >= 11 is 9.22. The Balaban J connectivity index is 0.000000293. The van der Waals surface area contributed by atoms with E-state index in [1.165, 1.54) is 12.8 Å². The van der Waals surface area contributed by atoms with Crippen molar-refractivity contribution in [3.8, 4) is 0 Å². The fourth-order valence-electron chi connectivity index (χ4n) is 1.29. The number of allylic oxidation sites excluding steroid dienone is 8. The van der Waals surface area contributed by atoms with Gasteiger partial charge >= 0.3 is 79.1 Å². The number of halogens is 2. The van der Waals surface area contributed by atoms with Crippen molar-refractivity contribution in [2.75, 3.05) is 5.34 Å². The molecule has 2 aliphatic carbocycles. The average molecular weight is 306 g/mol. The van der Waals surface area contributed by atoms with Crippen molar-refractivity contribution in [1.29, 1.82) is 0 Å². The molecule has 3 heteroatoms. The summed E-state index contributed by atoms with van der Waals surface area (Å²) in [5, 5.41) is 0.194. The summed E-state index contributed by atoms with van der Waals surface area (Å²) in [7, 11) is 0. The summed E-state index contributed by atoms with van der Waals surface area (Å²) in [4.78, 5) is 0. The first kappa shape index (κ1) is 12.5. The minimum absolute atomic E-state index is 0.194. The van der Waals surface area contributed by atoms with E-state index >= 15 is 0 Å². The molecule has 0 N–H and O–H groups in total. The van der Waals surface area contributed by atoms with E-state index in [4.69, 9.17) is 23.2 Å². The zero-order valence-corrected chi connectivity index (χ0v) is 11.8. The molecule has 14 heavy (non-hydrogen) atoms. The largest absolute Gasteiger partial charge is 0.109 e. The maximum Gasteiger partial charge on any atom is 0.0967 e. The Morgan fingerprint density at radius 2 is 1.43 bits per heavy atom. The molecule has 0 saturated carbocycles. The maximum absolute atomic E-state index is 4.76. The van der Waals surface area contributed by atoms with Gasteiger partial charge in [-0.2, -0.15) is 0 Å². The molecule has 0 aliphatic heterocycles. The van der Waals surface area contributed by atoms with Crippen molar-refractivity contribution in [2.45, 2.75) is 12.8 Å². The number of alkyl halides is 2. The van der Waals surface area contributed by atoms with Gasteiger partial charge in [-0.25, -0.2) is 0 Å². The van der Waals surface area contributed by atoms with Crippen LogP contribution in [0.25, 0.3) is 0 Å². The van der Waals surface area contributed by atoms with Gasteiger partial charge < -0.3 is 0 Å². The molecule has 0 amide bonds. The van der Waals surface area contributed by atoms with Crippen molar-refractivity contribution in [3.05, 3.63) is 43.0 Å². The van der Waals surface area contributed by atoms with Crippen molar-refractivity contribution < 1.29 is 23.2 Å². The molecular formula is C11H12Cl2Zr. The Morgan fingerprint density at radius 3 is 1.71 bits per heavy atom. The summed E-state index contributed by atoms with van der Waals surface area (Å²) in [6.45, 7) is 0. The van der Waals surface area contributed by atoms with E-state index in [9.17, 15) is 0 Å². The van der Waals surface area contributed by atoms with Crippen molar-refractivity contribution in [2.24, 2.45) is 0 Å². The first-order chi connectivity index (χ1) is 6.86. The molecule has 74 valence electrons. The predicted octanol–water partition coefficient (Wildman–Crippen LogP) is 4.18. The van der Waals surface area contributed by atoms with Gasteiger partial charge in [0.2, 0.25) is 0 Å². The van der Waals surface area contributed by atoms with E-state index in [0.29, 0.717) is 0 Å². The second-order valence-electron chi connectivity index (χ2n) is 2.87. The molecule has 0 aromatic carbocycles. The van der Waals surface area contributed by atoms with E-state index in [1.54, 1.807) is 6.56 Å². The van der Waals surface area contributed by atoms with Crippen molar-refractivity contribution in [3.63, 3.8) is 0 Å². The number of rotatable bonds is 2. The van der Waals surface area contributed by atoms with Gasteiger partial charge in [-0.15, -0.1) is 23.2 Å². The number of hydrogen-bond acceptors (Lipinski definition) is 0. The predicted molar refractivity (Wildman–Crippen MR) is 60.3 cm³/mol. The van der Waals surface area contributed by atoms with Gasteiger partial charge in [-0.1, -0.05) is 0 Å². The minimum Gasteiger partial charge on any atom is -0.109 e. The van der Waals surface area contributed by atoms with Crippen LogP contribution in [0.1, 0.15) is 12.8 Å². The van der Waals surface area contributed by atoms with E-state index in [0.717, 1.165) is 0 Å². The fourth-order valence-corrected chi connectivity index (χ4v) is 4.26. The zero-order chi connectivity index (χ0) is 10.2. The van der Waals surface area contributed by atoms with Gasteiger partial charge in [-0.05, 0) is 0 Å². The molecule has 0 atom stereocenters. The van der Waals surface area contributed by atoms with E-state index in [2.05, 4.69) is 36.5 Å². The molecule has 0 aromatic rings. The quantitative estimate of drug-likeness (QED) is 0.672. The van der Waals surface area contributed by atoms with Crippen LogP contribution in [0.4, 0.5) is 0 Å². The molecule has 0 saturated heterocycles. The van der Waals surface area contributed by atoms with Crippen LogP contribution in [0.3, 0.4) is 0 Å². The van der Waals surface area contributed by atoms with E-state index in [-0.39, 0.29) is 28.6 Å². The fraction of sp³-hybridized carbons (Fsp3) is 0.273. The first-order valence-electron chi connectivity index (χ1n) is 4.47. The molecule has 2 rings (SSSR count). The first-order valence-corrected chi connectivity index (χ1v) is 8.00. The molecule has 0 bridgehead atoms.